The SMILES string of the molecule is Cc1cnc(-c2nc3c(c(=O)[nH]2)CCN(C(=O)[C@H]2CCCO2)C3)cn1. The Morgan fingerprint density at radius 2 is 2.24 bits per heavy atom. The third-order valence-corrected chi connectivity index (χ3v) is 4.61. The topological polar surface area (TPSA) is 101 Å². The third-order valence-electron chi connectivity index (χ3n) is 4.61. The Hall–Kier alpha value is -2.61. The first kappa shape index (κ1) is 15.9. The first-order valence-corrected chi connectivity index (χ1v) is 8.43. The largest absolute Gasteiger partial charge is 0.368 e. The van der Waals surface area contributed by atoms with Crippen LogP contribution in [0.25, 0.3) is 11.5 Å². The van der Waals surface area contributed by atoms with Crippen LogP contribution >= 0.6 is 0 Å². The number of nitrogens with one attached hydrogen (secondary N) is 1. The van der Waals surface area contributed by atoms with Gasteiger partial charge in [-0.3, -0.25) is 14.6 Å². The molecule has 25 heavy (non-hydrogen) atoms. The molecule has 1 amide bonds. The van der Waals surface area contributed by atoms with Gasteiger partial charge < -0.3 is 14.6 Å². The summed E-state index contributed by atoms with van der Waals surface area (Å²) in [5.41, 5.74) is 2.39. The maximum Gasteiger partial charge on any atom is 0.254 e. The third kappa shape index (κ3) is 3.05. The second-order valence-electron chi connectivity index (χ2n) is 6.39. The summed E-state index contributed by atoms with van der Waals surface area (Å²) in [4.78, 5) is 42.4. The molecule has 2 aliphatic heterocycles. The van der Waals surface area contributed by atoms with Crippen molar-refractivity contribution in [3.05, 3.63) is 39.7 Å². The molecule has 0 aliphatic carbocycles. The predicted octanol–water partition coefficient (Wildman–Crippen LogP) is 0.599. The molecule has 0 saturated carbocycles. The van der Waals surface area contributed by atoms with Crippen molar-refractivity contribution >= 4 is 5.91 Å². The molecule has 0 spiro atoms. The summed E-state index contributed by atoms with van der Waals surface area (Å²) < 4.78 is 5.49. The summed E-state index contributed by atoms with van der Waals surface area (Å²) in [6.07, 6.45) is 5.02. The van der Waals surface area contributed by atoms with E-state index in [1.165, 1.54) is 0 Å². The molecule has 1 N–H and O–H groups in total. The summed E-state index contributed by atoms with van der Waals surface area (Å²) in [6, 6.07) is 0. The highest BCUT2D eigenvalue weighted by atomic mass is 16.5. The van der Waals surface area contributed by atoms with Crippen LogP contribution in [-0.4, -0.2) is 50.0 Å². The Balaban J connectivity index is 1.63. The second kappa shape index (κ2) is 6.36. The lowest BCUT2D eigenvalue weighted by Gasteiger charge is -2.29. The number of fused-ring (bicyclic) bond motifs is 1. The highest BCUT2D eigenvalue weighted by molar-refractivity contribution is 5.81. The van der Waals surface area contributed by atoms with Gasteiger partial charge in [0.05, 0.1) is 24.1 Å². The van der Waals surface area contributed by atoms with E-state index in [0.29, 0.717) is 48.9 Å². The van der Waals surface area contributed by atoms with Gasteiger partial charge in [-0.1, -0.05) is 0 Å². The fraction of sp³-hybridized carbons (Fsp3) is 0.471. The molecule has 2 aromatic heterocycles. The van der Waals surface area contributed by atoms with Crippen molar-refractivity contribution in [1.29, 1.82) is 0 Å². The lowest BCUT2D eigenvalue weighted by molar-refractivity contribution is -0.141. The maximum atomic E-state index is 12.6. The number of carbonyl (C=O) groups excluding carboxylic acids is 1. The van der Waals surface area contributed by atoms with Gasteiger partial charge in [-0.05, 0) is 26.2 Å². The molecule has 1 atom stereocenters. The Morgan fingerprint density at radius 3 is 2.96 bits per heavy atom. The van der Waals surface area contributed by atoms with E-state index >= 15 is 0 Å². The number of ether oxygens (including phenoxy) is 1. The molecule has 4 heterocycles. The van der Waals surface area contributed by atoms with Crippen LogP contribution in [0.4, 0.5) is 0 Å². The van der Waals surface area contributed by atoms with Crippen molar-refractivity contribution in [3.8, 4) is 11.5 Å². The van der Waals surface area contributed by atoms with Crippen LogP contribution in [0.5, 0.6) is 0 Å². The molecule has 2 aromatic rings. The number of nitrogens with zero attached hydrogens (tertiary/aromatic N) is 4. The highest BCUT2D eigenvalue weighted by Crippen LogP contribution is 2.21. The molecule has 130 valence electrons. The number of aromatic amines is 1. The number of aromatic nitrogens is 4. The van der Waals surface area contributed by atoms with E-state index in [-0.39, 0.29) is 17.6 Å². The molecule has 0 bridgehead atoms. The summed E-state index contributed by atoms with van der Waals surface area (Å²) in [5, 5.41) is 0. The van der Waals surface area contributed by atoms with E-state index in [1.54, 1.807) is 17.3 Å². The number of carbonyl (C=O) groups is 1. The summed E-state index contributed by atoms with van der Waals surface area (Å²) in [7, 11) is 0. The fourth-order valence-corrected chi connectivity index (χ4v) is 3.24. The standard InChI is InChI=1S/C17H19N5O3/c1-10-7-19-12(8-18-10)15-20-13-9-22(5-4-11(13)16(23)21-15)17(24)14-3-2-6-25-14/h7-8,14H,2-6,9H2,1H3,(H,20,21,23)/t14-/m1/s1. The summed E-state index contributed by atoms with van der Waals surface area (Å²) in [5.74, 6) is 0.365. The van der Waals surface area contributed by atoms with Crippen molar-refractivity contribution < 1.29 is 9.53 Å². The van der Waals surface area contributed by atoms with Crippen LogP contribution < -0.4 is 5.56 Å². The van der Waals surface area contributed by atoms with Gasteiger partial charge in [0.2, 0.25) is 0 Å². The first-order chi connectivity index (χ1) is 12.1. The van der Waals surface area contributed by atoms with E-state index in [4.69, 9.17) is 4.74 Å². The first-order valence-electron chi connectivity index (χ1n) is 8.43. The van der Waals surface area contributed by atoms with Gasteiger partial charge in [-0.25, -0.2) is 9.97 Å². The molecule has 1 fully saturated rings. The lowest BCUT2D eigenvalue weighted by atomic mass is 10.1. The van der Waals surface area contributed by atoms with Crippen molar-refractivity contribution in [2.75, 3.05) is 13.2 Å². The number of H-pyrrole nitrogens is 1. The zero-order valence-electron chi connectivity index (χ0n) is 14.0. The molecule has 0 radical (unpaired) electrons. The molecule has 8 nitrogen and oxygen atoms in total. The van der Waals surface area contributed by atoms with Gasteiger partial charge in [-0.15, -0.1) is 0 Å². The number of hydrogen-bond donors (Lipinski definition) is 1. The molecule has 8 heteroatoms. The van der Waals surface area contributed by atoms with E-state index in [0.717, 1.165) is 18.5 Å². The molecule has 0 aromatic carbocycles. The summed E-state index contributed by atoms with van der Waals surface area (Å²) >= 11 is 0. The summed E-state index contributed by atoms with van der Waals surface area (Å²) in [6.45, 7) is 3.31. The highest BCUT2D eigenvalue weighted by Gasteiger charge is 2.31. The maximum absolute atomic E-state index is 12.6. The molecule has 2 aliphatic rings. The Kier molecular flexibility index (Phi) is 4.04. The second-order valence-corrected chi connectivity index (χ2v) is 6.39. The molecule has 0 unspecified atom stereocenters. The van der Waals surface area contributed by atoms with E-state index < -0.39 is 0 Å². The van der Waals surface area contributed by atoms with E-state index in [1.807, 2.05) is 6.92 Å². The monoisotopic (exact) mass is 341 g/mol. The Morgan fingerprint density at radius 1 is 1.36 bits per heavy atom. The Bertz CT molecular complexity index is 856. The number of hydrogen-bond acceptors (Lipinski definition) is 6. The quantitative estimate of drug-likeness (QED) is 0.858. The normalized spacial score (nSPS) is 19.7. The number of rotatable bonds is 2. The van der Waals surface area contributed by atoms with Gasteiger partial charge in [0.25, 0.3) is 11.5 Å². The Labute approximate surface area is 144 Å². The van der Waals surface area contributed by atoms with Crippen LogP contribution in [-0.2, 0) is 22.5 Å². The van der Waals surface area contributed by atoms with Gasteiger partial charge in [-0.2, -0.15) is 0 Å². The lowest BCUT2D eigenvalue weighted by Crippen LogP contribution is -2.43. The molecule has 1 saturated heterocycles. The molecular formula is C17H19N5O3. The fourth-order valence-electron chi connectivity index (χ4n) is 3.24. The minimum absolute atomic E-state index is 0.0121. The van der Waals surface area contributed by atoms with Crippen molar-refractivity contribution in [2.45, 2.75) is 38.8 Å². The minimum atomic E-state index is -0.356. The van der Waals surface area contributed by atoms with Gasteiger partial charge >= 0.3 is 0 Å². The zero-order valence-corrected chi connectivity index (χ0v) is 14.0. The van der Waals surface area contributed by atoms with Crippen LogP contribution in [0.2, 0.25) is 0 Å². The van der Waals surface area contributed by atoms with Crippen LogP contribution in [0.1, 0.15) is 29.8 Å². The number of amides is 1. The van der Waals surface area contributed by atoms with Gasteiger partial charge in [0, 0.05) is 24.9 Å². The van der Waals surface area contributed by atoms with Crippen molar-refractivity contribution in [2.24, 2.45) is 0 Å². The molecular weight excluding hydrogens is 322 g/mol. The number of aryl methyl sites for hydroxylation is 1. The van der Waals surface area contributed by atoms with Gasteiger partial charge in [0.1, 0.15) is 11.8 Å². The smallest absolute Gasteiger partial charge is 0.254 e. The average molecular weight is 341 g/mol. The van der Waals surface area contributed by atoms with Crippen molar-refractivity contribution in [3.63, 3.8) is 0 Å². The van der Waals surface area contributed by atoms with Crippen molar-refractivity contribution in [1.82, 2.24) is 24.8 Å². The van der Waals surface area contributed by atoms with Crippen LogP contribution in [0, 0.1) is 6.92 Å². The van der Waals surface area contributed by atoms with Crippen LogP contribution in [0.15, 0.2) is 17.2 Å². The van der Waals surface area contributed by atoms with E-state index in [9.17, 15) is 9.59 Å². The predicted molar refractivity (Wildman–Crippen MR) is 88.7 cm³/mol. The molecule has 4 rings (SSSR count). The van der Waals surface area contributed by atoms with E-state index in [2.05, 4.69) is 19.9 Å². The zero-order chi connectivity index (χ0) is 17.4. The van der Waals surface area contributed by atoms with Gasteiger partial charge in [0.15, 0.2) is 5.82 Å². The minimum Gasteiger partial charge on any atom is -0.368 e. The average Bonchev–Trinajstić information content (AvgIpc) is 3.16. The van der Waals surface area contributed by atoms with Crippen LogP contribution in [0.3, 0.4) is 0 Å².